The number of aliphatic carboxylic acids is 1. The van der Waals surface area contributed by atoms with Crippen molar-refractivity contribution in [2.45, 2.75) is 13.8 Å². The van der Waals surface area contributed by atoms with Crippen LogP contribution in [0.3, 0.4) is 0 Å². The second kappa shape index (κ2) is 11.8. The number of hydrogen-bond donors (Lipinski definition) is 3. The summed E-state index contributed by atoms with van der Waals surface area (Å²) in [6, 6.07) is 21.9. The monoisotopic (exact) mass is 499 g/mol. The number of carboxylic acids is 1. The normalized spacial score (nSPS) is 9.85. The number of methoxy groups -OCH3 is 1. The van der Waals surface area contributed by atoms with Crippen LogP contribution >= 0.6 is 0 Å². The number of phenolic OH excluding ortho intramolecular Hbond substituents is 2. The number of carboxylic acid groups (broad SMARTS) is 1. The van der Waals surface area contributed by atoms with Crippen molar-refractivity contribution in [2.24, 2.45) is 0 Å². The van der Waals surface area contributed by atoms with E-state index in [-0.39, 0.29) is 28.6 Å². The van der Waals surface area contributed by atoms with E-state index in [1.807, 2.05) is 61.5 Å². The standard InChI is InChI=1S/C24H20N2O3.C2H4O2.Mn/c1-15-12-13-22(27)17(14-15)19-8-5-10-21(26-19)20-9-4-7-18(25-20)16-6-3-11-23(29-2)24(16)28;1-2(3)4;/h3-14,27-28H,1-2H3;1H3,(H,3,4);. The molecular formula is C26H24MnN2O5. The summed E-state index contributed by atoms with van der Waals surface area (Å²) in [4.78, 5) is 18.4. The van der Waals surface area contributed by atoms with Gasteiger partial charge in [-0.1, -0.05) is 29.8 Å². The number of aromatic nitrogens is 2. The molecule has 2 aromatic heterocycles. The Balaban J connectivity index is 0.000000758. The molecule has 0 unspecified atom stereocenters. The molecule has 0 amide bonds. The summed E-state index contributed by atoms with van der Waals surface area (Å²) < 4.78 is 5.19. The van der Waals surface area contributed by atoms with Crippen molar-refractivity contribution in [2.75, 3.05) is 7.11 Å². The van der Waals surface area contributed by atoms with E-state index in [0.29, 0.717) is 39.7 Å². The van der Waals surface area contributed by atoms with Gasteiger partial charge in [0, 0.05) is 35.1 Å². The van der Waals surface area contributed by atoms with Crippen molar-refractivity contribution in [3.8, 4) is 51.2 Å². The molecule has 2 heterocycles. The molecule has 0 spiro atoms. The average Bonchev–Trinajstić information content (AvgIpc) is 2.80. The van der Waals surface area contributed by atoms with E-state index in [9.17, 15) is 10.2 Å². The number of benzene rings is 2. The molecule has 8 heteroatoms. The fourth-order valence-electron chi connectivity index (χ4n) is 3.20. The maximum atomic E-state index is 10.4. The van der Waals surface area contributed by atoms with Crippen LogP contribution in [0.1, 0.15) is 12.5 Å². The molecule has 0 aliphatic heterocycles. The second-order valence-corrected chi connectivity index (χ2v) is 7.21. The van der Waals surface area contributed by atoms with Crippen LogP contribution in [0.15, 0.2) is 72.8 Å². The quantitative estimate of drug-likeness (QED) is 0.327. The maximum absolute atomic E-state index is 10.4. The third kappa shape index (κ3) is 6.34. The van der Waals surface area contributed by atoms with E-state index in [0.717, 1.165) is 12.5 Å². The fourth-order valence-corrected chi connectivity index (χ4v) is 3.20. The van der Waals surface area contributed by atoms with Gasteiger partial charge in [0.25, 0.3) is 5.97 Å². The third-order valence-corrected chi connectivity index (χ3v) is 4.68. The summed E-state index contributed by atoms with van der Waals surface area (Å²) in [5.41, 5.74) is 4.92. The molecule has 3 N–H and O–H groups in total. The number of nitrogens with zero attached hydrogens (tertiary/aromatic N) is 2. The van der Waals surface area contributed by atoms with Gasteiger partial charge in [0.2, 0.25) is 0 Å². The second-order valence-electron chi connectivity index (χ2n) is 7.21. The Morgan fingerprint density at radius 2 is 1.29 bits per heavy atom. The number of hydrogen-bond acceptors (Lipinski definition) is 6. The zero-order valence-corrected chi connectivity index (χ0v) is 20.0. The molecule has 0 bridgehead atoms. The van der Waals surface area contributed by atoms with E-state index in [2.05, 4.69) is 4.98 Å². The Morgan fingerprint density at radius 1 is 0.794 bits per heavy atom. The molecule has 7 nitrogen and oxygen atoms in total. The molecule has 1 radical (unpaired) electrons. The number of ether oxygens (including phenoxy) is 1. The molecule has 0 aliphatic rings. The third-order valence-electron chi connectivity index (χ3n) is 4.68. The minimum atomic E-state index is -0.833. The molecule has 4 rings (SSSR count). The van der Waals surface area contributed by atoms with Crippen LogP contribution in [0, 0.1) is 6.92 Å². The number of aromatic hydroxyl groups is 2. The first-order chi connectivity index (χ1) is 15.8. The van der Waals surface area contributed by atoms with Crippen LogP contribution in [-0.2, 0) is 21.9 Å². The molecule has 0 saturated heterocycles. The number of para-hydroxylation sites is 1. The van der Waals surface area contributed by atoms with Gasteiger partial charge in [-0.15, -0.1) is 0 Å². The van der Waals surface area contributed by atoms with E-state index in [1.165, 1.54) is 7.11 Å². The summed E-state index contributed by atoms with van der Waals surface area (Å²) in [6.07, 6.45) is 0. The molecule has 34 heavy (non-hydrogen) atoms. The van der Waals surface area contributed by atoms with Gasteiger partial charge in [-0.2, -0.15) is 0 Å². The van der Waals surface area contributed by atoms with Gasteiger partial charge >= 0.3 is 0 Å². The summed E-state index contributed by atoms with van der Waals surface area (Å²) in [5.74, 6) is -0.209. The van der Waals surface area contributed by atoms with Gasteiger partial charge in [-0.25, -0.2) is 9.97 Å². The number of rotatable bonds is 4. The fraction of sp³-hybridized carbons (Fsp3) is 0.115. The number of carbonyl (C=O) groups is 1. The number of phenols is 2. The Labute approximate surface area is 208 Å². The van der Waals surface area contributed by atoms with Gasteiger partial charge in [0.05, 0.1) is 29.9 Å². The number of pyridine rings is 2. The minimum Gasteiger partial charge on any atom is -0.507 e. The van der Waals surface area contributed by atoms with Crippen molar-refractivity contribution >= 4 is 5.97 Å². The van der Waals surface area contributed by atoms with E-state index in [4.69, 9.17) is 19.6 Å². The summed E-state index contributed by atoms with van der Waals surface area (Å²) in [7, 11) is 1.51. The van der Waals surface area contributed by atoms with Crippen LogP contribution in [0.4, 0.5) is 0 Å². The predicted octanol–water partition coefficient (Wildman–Crippen LogP) is 5.29. The molecule has 4 aromatic rings. The first kappa shape index (κ1) is 26.4. The zero-order valence-electron chi connectivity index (χ0n) is 18.9. The smallest absolute Gasteiger partial charge is 0.300 e. The molecule has 0 saturated carbocycles. The summed E-state index contributed by atoms with van der Waals surface area (Å²) >= 11 is 0. The Kier molecular flexibility index (Phi) is 9.18. The topological polar surface area (TPSA) is 113 Å². The van der Waals surface area contributed by atoms with Crippen LogP contribution < -0.4 is 4.74 Å². The van der Waals surface area contributed by atoms with Gasteiger partial charge in [-0.05, 0) is 55.5 Å². The zero-order chi connectivity index (χ0) is 24.0. The van der Waals surface area contributed by atoms with Gasteiger partial charge in [0.15, 0.2) is 11.5 Å². The van der Waals surface area contributed by atoms with E-state index >= 15 is 0 Å². The SMILES string of the molecule is CC(=O)O.COc1cccc(-c2cccc(-c3cccc(-c4cc(C)ccc4O)n3)n2)c1O.[Mn]. The molecular weight excluding hydrogens is 475 g/mol. The van der Waals surface area contributed by atoms with E-state index in [1.54, 1.807) is 18.2 Å². The molecule has 175 valence electrons. The molecule has 0 fully saturated rings. The number of aryl methyl sites for hydroxylation is 1. The minimum absolute atomic E-state index is 0. The van der Waals surface area contributed by atoms with E-state index < -0.39 is 5.97 Å². The largest absolute Gasteiger partial charge is 0.507 e. The van der Waals surface area contributed by atoms with Crippen LogP contribution in [0.25, 0.3) is 33.9 Å². The van der Waals surface area contributed by atoms with Crippen molar-refractivity contribution in [3.05, 3.63) is 78.4 Å². The molecule has 2 aromatic carbocycles. The van der Waals surface area contributed by atoms with Crippen LogP contribution in [0.5, 0.6) is 17.2 Å². The molecule has 0 atom stereocenters. The Hall–Kier alpha value is -3.87. The first-order valence-corrected chi connectivity index (χ1v) is 10.1. The Bertz CT molecular complexity index is 1290. The van der Waals surface area contributed by atoms with Crippen molar-refractivity contribution in [1.29, 1.82) is 0 Å². The Morgan fingerprint density at radius 3 is 1.85 bits per heavy atom. The van der Waals surface area contributed by atoms with Gasteiger partial charge < -0.3 is 20.1 Å². The van der Waals surface area contributed by atoms with Crippen molar-refractivity contribution < 1.29 is 41.9 Å². The van der Waals surface area contributed by atoms with Gasteiger partial charge in [-0.3, -0.25) is 4.79 Å². The predicted molar refractivity (Wildman–Crippen MR) is 126 cm³/mol. The van der Waals surface area contributed by atoms with Crippen molar-refractivity contribution in [1.82, 2.24) is 9.97 Å². The van der Waals surface area contributed by atoms with Gasteiger partial charge in [0.1, 0.15) is 5.75 Å². The van der Waals surface area contributed by atoms with Crippen LogP contribution in [0.2, 0.25) is 0 Å². The summed E-state index contributed by atoms with van der Waals surface area (Å²) in [6.45, 7) is 3.05. The average molecular weight is 499 g/mol. The molecule has 0 aliphatic carbocycles. The first-order valence-electron chi connectivity index (χ1n) is 10.1. The van der Waals surface area contributed by atoms with Crippen LogP contribution in [-0.4, -0.2) is 38.4 Å². The summed E-state index contributed by atoms with van der Waals surface area (Å²) in [5, 5.41) is 28.1. The maximum Gasteiger partial charge on any atom is 0.300 e. The van der Waals surface area contributed by atoms with Crippen molar-refractivity contribution in [3.63, 3.8) is 0 Å².